The predicted octanol–water partition coefficient (Wildman–Crippen LogP) is 3.59. The van der Waals surface area contributed by atoms with Gasteiger partial charge in [0.2, 0.25) is 0 Å². The van der Waals surface area contributed by atoms with Gasteiger partial charge in [0.1, 0.15) is 5.75 Å². The van der Waals surface area contributed by atoms with E-state index in [1.54, 1.807) is 7.11 Å². The van der Waals surface area contributed by atoms with Crippen LogP contribution in [-0.2, 0) is 0 Å². The van der Waals surface area contributed by atoms with Crippen LogP contribution in [0, 0.1) is 6.92 Å². The van der Waals surface area contributed by atoms with Crippen LogP contribution in [0.2, 0.25) is 0 Å². The van der Waals surface area contributed by atoms with Gasteiger partial charge in [0, 0.05) is 17.8 Å². The van der Waals surface area contributed by atoms with Gasteiger partial charge in [-0.05, 0) is 57.0 Å². The maximum Gasteiger partial charge on any atom is 0.170 e. The molecule has 0 radical (unpaired) electrons. The van der Waals surface area contributed by atoms with Crippen molar-refractivity contribution in [3.8, 4) is 5.75 Å². The molecule has 4 nitrogen and oxygen atoms in total. The molecule has 2 aromatic carbocycles. The summed E-state index contributed by atoms with van der Waals surface area (Å²) in [5, 5.41) is 7.15. The van der Waals surface area contributed by atoms with E-state index in [4.69, 9.17) is 17.0 Å². The lowest BCUT2D eigenvalue weighted by Crippen LogP contribution is -2.36. The van der Waals surface area contributed by atoms with Gasteiger partial charge in [0.15, 0.2) is 5.11 Å². The molecule has 2 aromatic rings. The molecular formula is C19H25N3OS. The van der Waals surface area contributed by atoms with E-state index in [2.05, 4.69) is 54.8 Å². The lowest BCUT2D eigenvalue weighted by atomic mass is 10.0. The van der Waals surface area contributed by atoms with Crippen molar-refractivity contribution in [2.45, 2.75) is 13.0 Å². The smallest absolute Gasteiger partial charge is 0.170 e. The molecule has 0 fully saturated rings. The van der Waals surface area contributed by atoms with Crippen LogP contribution in [0.5, 0.6) is 5.75 Å². The fraction of sp³-hybridized carbons (Fsp3) is 0.316. The molecule has 0 aliphatic carbocycles. The number of hydrogen-bond donors (Lipinski definition) is 2. The van der Waals surface area contributed by atoms with Crippen molar-refractivity contribution >= 4 is 23.0 Å². The molecular weight excluding hydrogens is 318 g/mol. The van der Waals surface area contributed by atoms with Crippen LogP contribution in [-0.4, -0.2) is 37.8 Å². The third-order valence-electron chi connectivity index (χ3n) is 3.85. The van der Waals surface area contributed by atoms with Crippen LogP contribution >= 0.6 is 12.2 Å². The number of nitrogens with zero attached hydrogens (tertiary/aromatic N) is 1. The third kappa shape index (κ3) is 4.94. The summed E-state index contributed by atoms with van der Waals surface area (Å²) < 4.78 is 5.49. The highest BCUT2D eigenvalue weighted by Crippen LogP contribution is 2.27. The summed E-state index contributed by atoms with van der Waals surface area (Å²) in [5.74, 6) is 0.885. The van der Waals surface area contributed by atoms with E-state index in [1.807, 2.05) is 30.3 Å². The highest BCUT2D eigenvalue weighted by atomic mass is 32.1. The lowest BCUT2D eigenvalue weighted by Gasteiger charge is -2.27. The Labute approximate surface area is 149 Å². The Balaban J connectivity index is 2.02. The molecule has 128 valence electrons. The van der Waals surface area contributed by atoms with Crippen molar-refractivity contribution < 1.29 is 4.74 Å². The summed E-state index contributed by atoms with van der Waals surface area (Å²) >= 11 is 5.42. The summed E-state index contributed by atoms with van der Waals surface area (Å²) in [6, 6.07) is 16.4. The summed E-state index contributed by atoms with van der Waals surface area (Å²) in [5.41, 5.74) is 3.32. The van der Waals surface area contributed by atoms with Crippen molar-refractivity contribution in [2.24, 2.45) is 0 Å². The summed E-state index contributed by atoms with van der Waals surface area (Å²) in [7, 11) is 5.80. The third-order valence-corrected chi connectivity index (χ3v) is 4.10. The van der Waals surface area contributed by atoms with Gasteiger partial charge >= 0.3 is 0 Å². The molecule has 1 unspecified atom stereocenters. The first kappa shape index (κ1) is 18.2. The van der Waals surface area contributed by atoms with E-state index >= 15 is 0 Å². The number of para-hydroxylation sites is 1. The van der Waals surface area contributed by atoms with Crippen molar-refractivity contribution in [3.63, 3.8) is 0 Å². The molecule has 0 spiro atoms. The maximum absolute atomic E-state index is 5.49. The molecule has 24 heavy (non-hydrogen) atoms. The van der Waals surface area contributed by atoms with Crippen LogP contribution in [0.3, 0.4) is 0 Å². The Hall–Kier alpha value is -2.11. The largest absolute Gasteiger partial charge is 0.496 e. The number of ether oxygens (including phenoxy) is 1. The van der Waals surface area contributed by atoms with Crippen LogP contribution < -0.4 is 15.4 Å². The number of aryl methyl sites for hydroxylation is 1. The fourth-order valence-corrected chi connectivity index (χ4v) is 2.80. The topological polar surface area (TPSA) is 36.5 Å². The first-order chi connectivity index (χ1) is 11.5. The Morgan fingerprint density at radius 2 is 1.92 bits per heavy atom. The van der Waals surface area contributed by atoms with E-state index in [1.165, 1.54) is 5.56 Å². The zero-order valence-electron chi connectivity index (χ0n) is 14.7. The summed E-state index contributed by atoms with van der Waals surface area (Å²) in [6.45, 7) is 2.75. The molecule has 0 saturated carbocycles. The molecule has 1 atom stereocenters. The number of anilines is 1. The number of nitrogens with one attached hydrogen (secondary N) is 2. The van der Waals surface area contributed by atoms with Crippen LogP contribution in [0.15, 0.2) is 48.5 Å². The second kappa shape index (κ2) is 8.66. The molecule has 0 amide bonds. The van der Waals surface area contributed by atoms with Gasteiger partial charge in [-0.3, -0.25) is 0 Å². The summed E-state index contributed by atoms with van der Waals surface area (Å²) in [4.78, 5) is 2.15. The quantitative estimate of drug-likeness (QED) is 0.784. The van der Waals surface area contributed by atoms with Gasteiger partial charge in [0.25, 0.3) is 0 Å². The van der Waals surface area contributed by atoms with E-state index in [9.17, 15) is 0 Å². The average molecular weight is 343 g/mol. The minimum Gasteiger partial charge on any atom is -0.496 e. The molecule has 0 bridgehead atoms. The Bertz CT molecular complexity index is 688. The Morgan fingerprint density at radius 1 is 1.17 bits per heavy atom. The highest BCUT2D eigenvalue weighted by molar-refractivity contribution is 7.80. The Kier molecular flexibility index (Phi) is 6.58. The lowest BCUT2D eigenvalue weighted by molar-refractivity contribution is 0.288. The van der Waals surface area contributed by atoms with Gasteiger partial charge in [-0.25, -0.2) is 0 Å². The van der Waals surface area contributed by atoms with Gasteiger partial charge in [0.05, 0.1) is 13.2 Å². The second-order valence-electron chi connectivity index (χ2n) is 5.93. The van der Waals surface area contributed by atoms with E-state index in [0.29, 0.717) is 11.7 Å². The number of rotatable bonds is 6. The molecule has 5 heteroatoms. The number of methoxy groups -OCH3 is 1. The summed E-state index contributed by atoms with van der Waals surface area (Å²) in [6.07, 6.45) is 0. The van der Waals surface area contributed by atoms with Gasteiger partial charge in [-0.1, -0.05) is 30.3 Å². The molecule has 0 aromatic heterocycles. The molecule has 2 rings (SSSR count). The van der Waals surface area contributed by atoms with Gasteiger partial charge < -0.3 is 20.3 Å². The van der Waals surface area contributed by atoms with E-state index in [-0.39, 0.29) is 6.04 Å². The molecule has 0 saturated heterocycles. The monoisotopic (exact) mass is 343 g/mol. The normalized spacial score (nSPS) is 11.9. The SMILES string of the molecule is COc1ccccc1C(CNC(=S)Nc1cccc(C)c1)N(C)C. The Morgan fingerprint density at radius 3 is 2.58 bits per heavy atom. The van der Waals surface area contributed by atoms with E-state index < -0.39 is 0 Å². The van der Waals surface area contributed by atoms with Crippen molar-refractivity contribution in [3.05, 3.63) is 59.7 Å². The van der Waals surface area contributed by atoms with Crippen LogP contribution in [0.25, 0.3) is 0 Å². The molecule has 2 N–H and O–H groups in total. The zero-order chi connectivity index (χ0) is 17.5. The number of thiocarbonyl (C=S) groups is 1. The first-order valence-corrected chi connectivity index (χ1v) is 8.33. The van der Waals surface area contributed by atoms with Crippen LogP contribution in [0.1, 0.15) is 17.2 Å². The number of likely N-dealkylation sites (N-methyl/N-ethyl adjacent to an activating group) is 1. The standard InChI is InChI=1S/C19H25N3OS/c1-14-8-7-9-15(12-14)21-19(24)20-13-17(22(2)3)16-10-5-6-11-18(16)23-4/h5-12,17H,13H2,1-4H3,(H2,20,21,24). The predicted molar refractivity (Wildman–Crippen MR) is 105 cm³/mol. The van der Waals surface area contributed by atoms with Crippen molar-refractivity contribution in [1.82, 2.24) is 10.2 Å². The highest BCUT2D eigenvalue weighted by Gasteiger charge is 2.18. The minimum absolute atomic E-state index is 0.151. The zero-order valence-corrected chi connectivity index (χ0v) is 15.5. The molecule has 0 heterocycles. The van der Waals surface area contributed by atoms with Gasteiger partial charge in [-0.2, -0.15) is 0 Å². The van der Waals surface area contributed by atoms with Crippen molar-refractivity contribution in [1.29, 1.82) is 0 Å². The first-order valence-electron chi connectivity index (χ1n) is 7.92. The number of hydrogen-bond acceptors (Lipinski definition) is 3. The van der Waals surface area contributed by atoms with Crippen LogP contribution in [0.4, 0.5) is 5.69 Å². The maximum atomic E-state index is 5.49. The fourth-order valence-electron chi connectivity index (χ4n) is 2.60. The molecule has 0 aliphatic heterocycles. The van der Waals surface area contributed by atoms with E-state index in [0.717, 1.165) is 17.0 Å². The second-order valence-corrected chi connectivity index (χ2v) is 6.33. The average Bonchev–Trinajstić information content (AvgIpc) is 2.55. The van der Waals surface area contributed by atoms with Gasteiger partial charge in [-0.15, -0.1) is 0 Å². The molecule has 0 aliphatic rings. The van der Waals surface area contributed by atoms with Crippen molar-refractivity contribution in [2.75, 3.05) is 33.1 Å². The number of benzene rings is 2. The minimum atomic E-state index is 0.151.